The molecule has 2 aliphatic carbocycles. The fraction of sp³-hybridized carbons (Fsp3) is 0.944. The van der Waals surface area contributed by atoms with E-state index in [2.05, 4.69) is 23.6 Å². The summed E-state index contributed by atoms with van der Waals surface area (Å²) in [7, 11) is 0. The lowest BCUT2D eigenvalue weighted by Crippen LogP contribution is -2.50. The first-order valence-electron chi connectivity index (χ1n) is 9.40. The van der Waals surface area contributed by atoms with Crippen LogP contribution in [0.15, 0.2) is 0 Å². The highest BCUT2D eigenvalue weighted by Crippen LogP contribution is 2.48. The predicted octanol–water partition coefficient (Wildman–Crippen LogP) is 1.94. The molecule has 1 saturated heterocycles. The summed E-state index contributed by atoms with van der Waals surface area (Å²) in [6, 6.07) is 0.139. The Morgan fingerprint density at radius 3 is 2.27 bits per heavy atom. The SMILES string of the molecule is CCN(CC)CC1CCN(C(=O)C2C3CCC(C3)C2N)CC1. The lowest BCUT2D eigenvalue weighted by Gasteiger charge is -2.38. The van der Waals surface area contributed by atoms with E-state index in [1.54, 1.807) is 0 Å². The first kappa shape index (κ1) is 16.3. The monoisotopic (exact) mass is 307 g/mol. The Kier molecular flexibility index (Phi) is 5.08. The Morgan fingerprint density at radius 2 is 1.73 bits per heavy atom. The number of amides is 1. The van der Waals surface area contributed by atoms with E-state index < -0.39 is 0 Å². The maximum absolute atomic E-state index is 12.9. The largest absolute Gasteiger partial charge is 0.342 e. The lowest BCUT2D eigenvalue weighted by molar-refractivity contribution is -0.139. The maximum Gasteiger partial charge on any atom is 0.227 e. The number of carbonyl (C=O) groups is 1. The van der Waals surface area contributed by atoms with Gasteiger partial charge in [-0.15, -0.1) is 0 Å². The van der Waals surface area contributed by atoms with E-state index in [0.29, 0.717) is 17.7 Å². The quantitative estimate of drug-likeness (QED) is 0.844. The fourth-order valence-electron chi connectivity index (χ4n) is 5.10. The van der Waals surface area contributed by atoms with Crippen LogP contribution < -0.4 is 5.73 Å². The molecule has 0 aromatic carbocycles. The predicted molar refractivity (Wildman–Crippen MR) is 89.4 cm³/mol. The zero-order chi connectivity index (χ0) is 15.7. The van der Waals surface area contributed by atoms with Crippen molar-refractivity contribution in [1.82, 2.24) is 9.80 Å². The fourth-order valence-corrected chi connectivity index (χ4v) is 5.10. The summed E-state index contributed by atoms with van der Waals surface area (Å²) in [6.07, 6.45) is 6.02. The van der Waals surface area contributed by atoms with Crippen LogP contribution in [-0.2, 0) is 4.79 Å². The minimum absolute atomic E-state index is 0.137. The standard InChI is InChI=1S/C18H33N3O/c1-3-20(4-2)12-13-7-9-21(10-8-13)18(22)16-14-5-6-15(11-14)17(16)19/h13-17H,3-12,19H2,1-2H3. The molecule has 4 atom stereocenters. The van der Waals surface area contributed by atoms with Gasteiger partial charge in [0.05, 0.1) is 5.92 Å². The summed E-state index contributed by atoms with van der Waals surface area (Å²) in [6.45, 7) is 9.84. The van der Waals surface area contributed by atoms with Gasteiger partial charge in [0.2, 0.25) is 5.91 Å². The zero-order valence-electron chi connectivity index (χ0n) is 14.3. The van der Waals surface area contributed by atoms with Crippen molar-refractivity contribution < 1.29 is 4.79 Å². The molecule has 126 valence electrons. The van der Waals surface area contributed by atoms with Crippen LogP contribution in [0.5, 0.6) is 0 Å². The van der Waals surface area contributed by atoms with Gasteiger partial charge >= 0.3 is 0 Å². The number of hydrogen-bond donors (Lipinski definition) is 1. The van der Waals surface area contributed by atoms with Gasteiger partial charge in [-0.25, -0.2) is 0 Å². The van der Waals surface area contributed by atoms with Crippen molar-refractivity contribution in [3.05, 3.63) is 0 Å². The number of rotatable bonds is 5. The summed E-state index contributed by atoms with van der Waals surface area (Å²) in [5.41, 5.74) is 6.35. The Morgan fingerprint density at radius 1 is 1.09 bits per heavy atom. The number of likely N-dealkylation sites (tertiary alicyclic amines) is 1. The number of nitrogens with zero attached hydrogens (tertiary/aromatic N) is 2. The van der Waals surface area contributed by atoms with Gasteiger partial charge in [0.25, 0.3) is 0 Å². The van der Waals surface area contributed by atoms with Crippen LogP contribution in [0.3, 0.4) is 0 Å². The number of hydrogen-bond acceptors (Lipinski definition) is 3. The highest BCUT2D eigenvalue weighted by molar-refractivity contribution is 5.80. The van der Waals surface area contributed by atoms with Crippen LogP contribution in [0, 0.1) is 23.7 Å². The zero-order valence-corrected chi connectivity index (χ0v) is 14.3. The van der Waals surface area contributed by atoms with Gasteiger partial charge in [-0.2, -0.15) is 0 Å². The van der Waals surface area contributed by atoms with Crippen molar-refractivity contribution in [2.75, 3.05) is 32.7 Å². The first-order chi connectivity index (χ1) is 10.6. The van der Waals surface area contributed by atoms with E-state index in [-0.39, 0.29) is 12.0 Å². The molecule has 4 heteroatoms. The van der Waals surface area contributed by atoms with Gasteiger partial charge in [-0.3, -0.25) is 4.79 Å². The third kappa shape index (κ3) is 3.05. The van der Waals surface area contributed by atoms with Crippen molar-refractivity contribution in [2.45, 2.75) is 52.0 Å². The molecule has 2 N–H and O–H groups in total. The van der Waals surface area contributed by atoms with Crippen molar-refractivity contribution in [1.29, 1.82) is 0 Å². The van der Waals surface area contributed by atoms with E-state index in [4.69, 9.17) is 5.73 Å². The Balaban J connectivity index is 1.50. The molecule has 1 aliphatic heterocycles. The average Bonchev–Trinajstić information content (AvgIpc) is 3.13. The lowest BCUT2D eigenvalue weighted by atomic mass is 9.83. The smallest absolute Gasteiger partial charge is 0.227 e. The molecule has 3 rings (SSSR count). The first-order valence-corrected chi connectivity index (χ1v) is 9.40. The van der Waals surface area contributed by atoms with Crippen molar-refractivity contribution in [3.63, 3.8) is 0 Å². The third-order valence-corrected chi connectivity index (χ3v) is 6.60. The minimum atomic E-state index is 0.137. The maximum atomic E-state index is 12.9. The molecule has 0 aromatic heterocycles. The summed E-state index contributed by atoms with van der Waals surface area (Å²) < 4.78 is 0. The number of fused-ring (bicyclic) bond motifs is 2. The third-order valence-electron chi connectivity index (χ3n) is 6.60. The molecular formula is C18H33N3O. The van der Waals surface area contributed by atoms with Gasteiger partial charge in [0, 0.05) is 25.7 Å². The highest BCUT2D eigenvalue weighted by Gasteiger charge is 2.50. The van der Waals surface area contributed by atoms with Crippen LogP contribution in [0.25, 0.3) is 0 Å². The Bertz CT molecular complexity index is 386. The molecule has 22 heavy (non-hydrogen) atoms. The molecule has 0 spiro atoms. The second kappa shape index (κ2) is 6.88. The summed E-state index contributed by atoms with van der Waals surface area (Å²) in [5, 5.41) is 0. The molecule has 3 fully saturated rings. The second-order valence-corrected chi connectivity index (χ2v) is 7.69. The summed E-state index contributed by atoms with van der Waals surface area (Å²) in [5.74, 6) is 2.48. The van der Waals surface area contributed by atoms with E-state index in [1.807, 2.05) is 0 Å². The molecule has 3 aliphatic rings. The molecule has 4 nitrogen and oxygen atoms in total. The number of nitrogens with two attached hydrogens (primary N) is 1. The normalized spacial score (nSPS) is 35.5. The molecule has 2 bridgehead atoms. The summed E-state index contributed by atoms with van der Waals surface area (Å²) in [4.78, 5) is 17.5. The highest BCUT2D eigenvalue weighted by atomic mass is 16.2. The van der Waals surface area contributed by atoms with Crippen LogP contribution >= 0.6 is 0 Å². The van der Waals surface area contributed by atoms with Gasteiger partial charge in [0.15, 0.2) is 0 Å². The van der Waals surface area contributed by atoms with Gasteiger partial charge in [-0.1, -0.05) is 13.8 Å². The second-order valence-electron chi connectivity index (χ2n) is 7.69. The van der Waals surface area contributed by atoms with Crippen LogP contribution in [0.4, 0.5) is 0 Å². The number of carbonyl (C=O) groups excluding carboxylic acids is 1. The van der Waals surface area contributed by atoms with E-state index in [1.165, 1.54) is 25.8 Å². The van der Waals surface area contributed by atoms with Crippen LogP contribution in [0.2, 0.25) is 0 Å². The van der Waals surface area contributed by atoms with E-state index in [0.717, 1.165) is 44.9 Å². The van der Waals surface area contributed by atoms with Gasteiger partial charge in [-0.05, 0) is 62.9 Å². The molecule has 1 amide bonds. The topological polar surface area (TPSA) is 49.6 Å². The molecule has 0 aromatic rings. The van der Waals surface area contributed by atoms with Crippen molar-refractivity contribution in [3.8, 4) is 0 Å². The molecule has 1 heterocycles. The van der Waals surface area contributed by atoms with Crippen molar-refractivity contribution >= 4 is 5.91 Å². The Hall–Kier alpha value is -0.610. The van der Waals surface area contributed by atoms with Gasteiger partial charge in [0.1, 0.15) is 0 Å². The number of piperidine rings is 1. The van der Waals surface area contributed by atoms with E-state index in [9.17, 15) is 4.79 Å². The molecule has 0 radical (unpaired) electrons. The molecule has 4 unspecified atom stereocenters. The summed E-state index contributed by atoms with van der Waals surface area (Å²) >= 11 is 0. The Labute approximate surface area is 135 Å². The average molecular weight is 307 g/mol. The molecular weight excluding hydrogens is 274 g/mol. The van der Waals surface area contributed by atoms with Gasteiger partial charge < -0.3 is 15.5 Å². The van der Waals surface area contributed by atoms with Crippen LogP contribution in [-0.4, -0.2) is 54.5 Å². The minimum Gasteiger partial charge on any atom is -0.342 e. The van der Waals surface area contributed by atoms with Crippen molar-refractivity contribution in [2.24, 2.45) is 29.4 Å². The van der Waals surface area contributed by atoms with Crippen LogP contribution in [0.1, 0.15) is 46.0 Å². The van der Waals surface area contributed by atoms with E-state index >= 15 is 0 Å². The molecule has 2 saturated carbocycles.